The SMILES string of the molecule is CC(NC(=O)CC(C)C1CCNCC1)c1cc2ccccc2o1.Cl. The molecule has 1 fully saturated rings. The van der Waals surface area contributed by atoms with E-state index < -0.39 is 0 Å². The zero-order valence-electron chi connectivity index (χ0n) is 14.4. The summed E-state index contributed by atoms with van der Waals surface area (Å²) in [5.74, 6) is 2.02. The highest BCUT2D eigenvalue weighted by molar-refractivity contribution is 5.85. The van der Waals surface area contributed by atoms with Gasteiger partial charge in [-0.3, -0.25) is 4.79 Å². The second-order valence-corrected chi connectivity index (χ2v) is 6.74. The first-order valence-corrected chi connectivity index (χ1v) is 8.62. The maximum absolute atomic E-state index is 12.3. The van der Waals surface area contributed by atoms with Gasteiger partial charge in [-0.05, 0) is 56.8 Å². The fourth-order valence-corrected chi connectivity index (χ4v) is 3.46. The quantitative estimate of drug-likeness (QED) is 0.855. The van der Waals surface area contributed by atoms with E-state index in [2.05, 4.69) is 17.6 Å². The molecule has 1 aliphatic heterocycles. The molecule has 5 heteroatoms. The van der Waals surface area contributed by atoms with Crippen LogP contribution in [0.15, 0.2) is 34.7 Å². The molecule has 3 rings (SSSR count). The van der Waals surface area contributed by atoms with Gasteiger partial charge < -0.3 is 15.1 Å². The van der Waals surface area contributed by atoms with E-state index in [1.54, 1.807) is 0 Å². The number of hydrogen-bond acceptors (Lipinski definition) is 3. The number of carbonyl (C=O) groups excluding carboxylic acids is 1. The van der Waals surface area contributed by atoms with Crippen molar-refractivity contribution in [3.05, 3.63) is 36.1 Å². The fourth-order valence-electron chi connectivity index (χ4n) is 3.46. The molecule has 0 bridgehead atoms. The minimum Gasteiger partial charge on any atom is -0.459 e. The second-order valence-electron chi connectivity index (χ2n) is 6.74. The summed E-state index contributed by atoms with van der Waals surface area (Å²) >= 11 is 0. The molecular weight excluding hydrogens is 324 g/mol. The van der Waals surface area contributed by atoms with Crippen molar-refractivity contribution in [2.45, 2.75) is 39.2 Å². The number of amides is 1. The summed E-state index contributed by atoms with van der Waals surface area (Å²) in [6.07, 6.45) is 2.94. The van der Waals surface area contributed by atoms with Gasteiger partial charge in [-0.2, -0.15) is 0 Å². The van der Waals surface area contributed by atoms with E-state index in [4.69, 9.17) is 4.42 Å². The van der Waals surface area contributed by atoms with Crippen LogP contribution in [0.3, 0.4) is 0 Å². The second kappa shape index (κ2) is 8.54. The van der Waals surface area contributed by atoms with Crippen LogP contribution in [0.4, 0.5) is 0 Å². The summed E-state index contributed by atoms with van der Waals surface area (Å²) in [4.78, 5) is 12.3. The van der Waals surface area contributed by atoms with Crippen LogP contribution in [0.25, 0.3) is 11.0 Å². The highest BCUT2D eigenvalue weighted by atomic mass is 35.5. The number of benzene rings is 1. The molecule has 24 heavy (non-hydrogen) atoms. The fraction of sp³-hybridized carbons (Fsp3) is 0.526. The number of piperidine rings is 1. The van der Waals surface area contributed by atoms with Gasteiger partial charge in [0.15, 0.2) is 0 Å². The molecule has 2 N–H and O–H groups in total. The van der Waals surface area contributed by atoms with Crippen LogP contribution in [-0.4, -0.2) is 19.0 Å². The molecule has 1 aromatic carbocycles. The third-order valence-electron chi connectivity index (χ3n) is 4.94. The smallest absolute Gasteiger partial charge is 0.220 e. The minimum absolute atomic E-state index is 0. The topological polar surface area (TPSA) is 54.3 Å². The summed E-state index contributed by atoms with van der Waals surface area (Å²) in [6.45, 7) is 6.32. The van der Waals surface area contributed by atoms with Crippen molar-refractivity contribution in [2.24, 2.45) is 11.8 Å². The lowest BCUT2D eigenvalue weighted by Gasteiger charge is -2.28. The highest BCUT2D eigenvalue weighted by Gasteiger charge is 2.23. The Labute approximate surface area is 149 Å². The summed E-state index contributed by atoms with van der Waals surface area (Å²) in [7, 11) is 0. The highest BCUT2D eigenvalue weighted by Crippen LogP contribution is 2.26. The number of carbonyl (C=O) groups is 1. The molecule has 0 saturated carbocycles. The molecule has 0 spiro atoms. The third-order valence-corrected chi connectivity index (χ3v) is 4.94. The van der Waals surface area contributed by atoms with Crippen molar-refractivity contribution in [2.75, 3.05) is 13.1 Å². The molecule has 2 unspecified atom stereocenters. The number of hydrogen-bond donors (Lipinski definition) is 2. The van der Waals surface area contributed by atoms with Crippen LogP contribution in [0.1, 0.15) is 44.9 Å². The van der Waals surface area contributed by atoms with Crippen LogP contribution in [-0.2, 0) is 4.79 Å². The van der Waals surface area contributed by atoms with Gasteiger partial charge in [0.25, 0.3) is 0 Å². The van der Waals surface area contributed by atoms with Gasteiger partial charge in [-0.15, -0.1) is 12.4 Å². The Hall–Kier alpha value is -1.52. The Bertz CT molecular complexity index is 631. The Kier molecular flexibility index (Phi) is 6.69. The third kappa shape index (κ3) is 4.52. The monoisotopic (exact) mass is 350 g/mol. The van der Waals surface area contributed by atoms with Gasteiger partial charge in [-0.1, -0.05) is 25.1 Å². The summed E-state index contributed by atoms with van der Waals surface area (Å²) < 4.78 is 5.83. The first kappa shape index (κ1) is 18.8. The van der Waals surface area contributed by atoms with Crippen LogP contribution < -0.4 is 10.6 Å². The van der Waals surface area contributed by atoms with Crippen molar-refractivity contribution in [1.29, 1.82) is 0 Å². The van der Waals surface area contributed by atoms with E-state index in [1.807, 2.05) is 37.3 Å². The normalized spacial score (nSPS) is 17.9. The maximum atomic E-state index is 12.3. The number of nitrogens with one attached hydrogen (secondary N) is 2. The number of fused-ring (bicyclic) bond motifs is 1. The van der Waals surface area contributed by atoms with Gasteiger partial charge in [0.1, 0.15) is 11.3 Å². The van der Waals surface area contributed by atoms with Crippen LogP contribution in [0, 0.1) is 11.8 Å². The number of para-hydroxylation sites is 1. The molecule has 132 valence electrons. The van der Waals surface area contributed by atoms with E-state index in [0.29, 0.717) is 18.3 Å². The molecule has 0 radical (unpaired) electrons. The predicted molar refractivity (Wildman–Crippen MR) is 99.4 cm³/mol. The first-order chi connectivity index (χ1) is 11.1. The number of furan rings is 1. The number of rotatable bonds is 5. The van der Waals surface area contributed by atoms with Gasteiger partial charge in [0, 0.05) is 11.8 Å². The number of halogens is 1. The molecule has 4 nitrogen and oxygen atoms in total. The van der Waals surface area contributed by atoms with Gasteiger partial charge in [-0.25, -0.2) is 0 Å². The first-order valence-electron chi connectivity index (χ1n) is 8.62. The standard InChI is InChI=1S/C19H26N2O2.ClH/c1-13(15-7-9-20-10-8-15)11-19(22)21-14(2)18-12-16-5-3-4-6-17(16)23-18;/h3-6,12-15,20H,7-11H2,1-2H3,(H,21,22);1H. The Balaban J connectivity index is 0.00000208. The predicted octanol–water partition coefficient (Wildman–Crippen LogP) is 4.06. The zero-order chi connectivity index (χ0) is 16.2. The molecule has 0 aliphatic carbocycles. The Morgan fingerprint density at radius 2 is 2.00 bits per heavy atom. The average Bonchev–Trinajstić information content (AvgIpc) is 2.99. The van der Waals surface area contributed by atoms with Crippen molar-refractivity contribution in [1.82, 2.24) is 10.6 Å². The average molecular weight is 351 g/mol. The van der Waals surface area contributed by atoms with Crippen LogP contribution in [0.2, 0.25) is 0 Å². The molecule has 1 aliphatic rings. The van der Waals surface area contributed by atoms with Gasteiger partial charge in [0.05, 0.1) is 6.04 Å². The van der Waals surface area contributed by atoms with Crippen LogP contribution >= 0.6 is 12.4 Å². The van der Waals surface area contributed by atoms with Crippen LogP contribution in [0.5, 0.6) is 0 Å². The van der Waals surface area contributed by atoms with E-state index in [9.17, 15) is 4.79 Å². The molecule has 1 saturated heterocycles. The summed E-state index contributed by atoms with van der Waals surface area (Å²) in [5.41, 5.74) is 0.867. The van der Waals surface area contributed by atoms with E-state index in [1.165, 1.54) is 12.8 Å². The van der Waals surface area contributed by atoms with Crippen molar-refractivity contribution in [3.8, 4) is 0 Å². The molecule has 1 aromatic heterocycles. The zero-order valence-corrected chi connectivity index (χ0v) is 15.2. The van der Waals surface area contributed by atoms with E-state index in [0.717, 1.165) is 29.8 Å². The lowest BCUT2D eigenvalue weighted by Crippen LogP contribution is -2.34. The van der Waals surface area contributed by atoms with Crippen molar-refractivity contribution < 1.29 is 9.21 Å². The minimum atomic E-state index is -0.102. The van der Waals surface area contributed by atoms with E-state index in [-0.39, 0.29) is 24.4 Å². The summed E-state index contributed by atoms with van der Waals surface area (Å²) in [6, 6.07) is 9.83. The Morgan fingerprint density at radius 3 is 2.71 bits per heavy atom. The molecule has 2 aromatic rings. The molecular formula is C19H27ClN2O2. The van der Waals surface area contributed by atoms with Crippen molar-refractivity contribution >= 4 is 29.3 Å². The molecule has 2 heterocycles. The lowest BCUT2D eigenvalue weighted by atomic mass is 9.84. The Morgan fingerprint density at radius 1 is 1.29 bits per heavy atom. The summed E-state index contributed by atoms with van der Waals surface area (Å²) in [5, 5.41) is 7.53. The van der Waals surface area contributed by atoms with E-state index >= 15 is 0 Å². The largest absolute Gasteiger partial charge is 0.459 e. The van der Waals surface area contributed by atoms with Gasteiger partial charge >= 0.3 is 0 Å². The maximum Gasteiger partial charge on any atom is 0.220 e. The molecule has 2 atom stereocenters. The van der Waals surface area contributed by atoms with Crippen molar-refractivity contribution in [3.63, 3.8) is 0 Å². The van der Waals surface area contributed by atoms with Gasteiger partial charge in [0.2, 0.25) is 5.91 Å². The lowest BCUT2D eigenvalue weighted by molar-refractivity contribution is -0.123. The molecule has 1 amide bonds.